The minimum Gasteiger partial charge on any atom is -0.483 e. The molecule has 35 heavy (non-hydrogen) atoms. The summed E-state index contributed by atoms with van der Waals surface area (Å²) in [6.45, 7) is 5.74. The Morgan fingerprint density at radius 1 is 0.886 bits per heavy atom. The third-order valence-electron chi connectivity index (χ3n) is 5.35. The van der Waals surface area contributed by atoms with Gasteiger partial charge in [-0.3, -0.25) is 14.4 Å². The molecule has 3 N–H and O–H groups in total. The number of carbonyl (C=O) groups is 3. The third-order valence-corrected chi connectivity index (χ3v) is 5.35. The van der Waals surface area contributed by atoms with E-state index < -0.39 is 11.8 Å². The summed E-state index contributed by atoms with van der Waals surface area (Å²) in [6.07, 6.45) is 2.23. The average Bonchev–Trinajstić information content (AvgIpc) is 2.86. The van der Waals surface area contributed by atoms with Crippen LogP contribution in [0, 0.1) is 13.8 Å². The highest BCUT2D eigenvalue weighted by Gasteiger charge is 2.13. The fourth-order valence-corrected chi connectivity index (χ4v) is 3.16. The number of hydrogen-bond acceptors (Lipinski definition) is 5. The van der Waals surface area contributed by atoms with Crippen molar-refractivity contribution in [3.05, 3.63) is 89.0 Å². The topological polar surface area (TPSA) is 109 Å². The predicted octanol–water partition coefficient (Wildman–Crippen LogP) is 3.97. The molecule has 3 aromatic rings. The van der Waals surface area contributed by atoms with Crippen LogP contribution in [0.5, 0.6) is 5.75 Å². The van der Waals surface area contributed by atoms with Gasteiger partial charge < -0.3 is 15.4 Å². The molecule has 180 valence electrons. The maximum Gasteiger partial charge on any atom is 0.329 e. The van der Waals surface area contributed by atoms with E-state index in [1.807, 2.05) is 51.1 Å². The van der Waals surface area contributed by atoms with E-state index in [1.165, 1.54) is 6.21 Å². The Morgan fingerprint density at radius 3 is 2.37 bits per heavy atom. The molecule has 0 heterocycles. The molecule has 3 rings (SSSR count). The maximum atomic E-state index is 12.4. The summed E-state index contributed by atoms with van der Waals surface area (Å²) < 4.78 is 5.65. The number of hydrazone groups is 1. The molecule has 0 saturated carbocycles. The maximum absolute atomic E-state index is 12.4. The fourth-order valence-electron chi connectivity index (χ4n) is 3.16. The standard InChI is InChI=1S/C27H28N4O4/c1-4-20-12-14-22(15-13-20)29-26(33)27(34)31-28-16-21-9-5-6-11-24(21)35-17-25(32)30-23-10-7-8-18(2)19(23)3/h5-16H,4,17H2,1-3H3,(H,29,33)(H,30,32)(H,31,34)/b28-16-. The van der Waals surface area contributed by atoms with Crippen molar-refractivity contribution in [1.82, 2.24) is 5.43 Å². The number of benzene rings is 3. The molecule has 0 saturated heterocycles. The van der Waals surface area contributed by atoms with Crippen LogP contribution >= 0.6 is 0 Å². The van der Waals surface area contributed by atoms with E-state index in [4.69, 9.17) is 4.74 Å². The second-order valence-electron chi connectivity index (χ2n) is 7.83. The van der Waals surface area contributed by atoms with Crippen LogP contribution in [-0.4, -0.2) is 30.5 Å². The van der Waals surface area contributed by atoms with Gasteiger partial charge in [0.2, 0.25) is 0 Å². The quantitative estimate of drug-likeness (QED) is 0.262. The second-order valence-corrected chi connectivity index (χ2v) is 7.83. The molecular formula is C27H28N4O4. The zero-order chi connectivity index (χ0) is 25.2. The molecule has 0 aliphatic carbocycles. The van der Waals surface area contributed by atoms with E-state index in [2.05, 4.69) is 21.2 Å². The number of nitrogens with one attached hydrogen (secondary N) is 3. The Kier molecular flexibility index (Phi) is 8.72. The first-order chi connectivity index (χ1) is 16.9. The van der Waals surface area contributed by atoms with Gasteiger partial charge in [-0.2, -0.15) is 5.10 Å². The lowest BCUT2D eigenvalue weighted by atomic mass is 10.1. The fraction of sp³-hybridized carbons (Fsp3) is 0.185. The van der Waals surface area contributed by atoms with Gasteiger partial charge in [0.1, 0.15) is 5.75 Å². The van der Waals surface area contributed by atoms with Crippen molar-refractivity contribution in [2.24, 2.45) is 5.10 Å². The minimum atomic E-state index is -0.910. The van der Waals surface area contributed by atoms with Crippen LogP contribution in [0.3, 0.4) is 0 Å². The zero-order valence-corrected chi connectivity index (χ0v) is 19.9. The summed E-state index contributed by atoms with van der Waals surface area (Å²) in [5.41, 5.74) is 7.17. The Morgan fingerprint density at radius 2 is 1.63 bits per heavy atom. The second kappa shape index (κ2) is 12.1. The smallest absolute Gasteiger partial charge is 0.329 e. The highest BCUT2D eigenvalue weighted by molar-refractivity contribution is 6.39. The van der Waals surface area contributed by atoms with Crippen LogP contribution in [0.4, 0.5) is 11.4 Å². The highest BCUT2D eigenvalue weighted by atomic mass is 16.5. The number of amides is 3. The van der Waals surface area contributed by atoms with Gasteiger partial charge in [-0.1, -0.05) is 43.3 Å². The van der Waals surface area contributed by atoms with Crippen molar-refractivity contribution in [1.29, 1.82) is 0 Å². The average molecular weight is 473 g/mol. The van der Waals surface area contributed by atoms with Crippen molar-refractivity contribution < 1.29 is 19.1 Å². The molecule has 0 fully saturated rings. The molecule has 8 heteroatoms. The number of para-hydroxylation sites is 1. The summed E-state index contributed by atoms with van der Waals surface area (Å²) in [4.78, 5) is 36.5. The lowest BCUT2D eigenvalue weighted by Gasteiger charge is -2.12. The van der Waals surface area contributed by atoms with Crippen molar-refractivity contribution in [2.75, 3.05) is 17.2 Å². The van der Waals surface area contributed by atoms with Crippen molar-refractivity contribution in [3.63, 3.8) is 0 Å². The third kappa shape index (κ3) is 7.26. The Hall–Kier alpha value is -4.46. The lowest BCUT2D eigenvalue weighted by Crippen LogP contribution is -2.32. The van der Waals surface area contributed by atoms with Gasteiger partial charge in [0.15, 0.2) is 6.61 Å². The predicted molar refractivity (Wildman–Crippen MR) is 137 cm³/mol. The number of rotatable bonds is 8. The number of aryl methyl sites for hydroxylation is 2. The monoisotopic (exact) mass is 472 g/mol. The molecule has 0 spiro atoms. The number of hydrogen-bond donors (Lipinski definition) is 3. The van der Waals surface area contributed by atoms with Gasteiger partial charge >= 0.3 is 11.8 Å². The molecule has 0 atom stereocenters. The van der Waals surface area contributed by atoms with E-state index in [0.717, 1.165) is 28.8 Å². The molecule has 8 nitrogen and oxygen atoms in total. The Labute approximate surface area is 204 Å². The van der Waals surface area contributed by atoms with Crippen LogP contribution in [0.1, 0.15) is 29.2 Å². The van der Waals surface area contributed by atoms with Gasteiger partial charge in [0.05, 0.1) is 6.21 Å². The van der Waals surface area contributed by atoms with Crippen molar-refractivity contribution in [2.45, 2.75) is 27.2 Å². The van der Waals surface area contributed by atoms with Crippen molar-refractivity contribution in [3.8, 4) is 5.75 Å². The first-order valence-corrected chi connectivity index (χ1v) is 11.2. The molecule has 3 amide bonds. The summed E-state index contributed by atoms with van der Waals surface area (Å²) in [5, 5.41) is 9.20. The normalized spacial score (nSPS) is 10.6. The van der Waals surface area contributed by atoms with Crippen LogP contribution in [-0.2, 0) is 20.8 Å². The number of carbonyl (C=O) groups excluding carboxylic acids is 3. The van der Waals surface area contributed by atoms with Crippen molar-refractivity contribution >= 4 is 35.3 Å². The summed E-state index contributed by atoms with van der Waals surface area (Å²) in [6, 6.07) is 19.8. The van der Waals surface area contributed by atoms with Crippen LogP contribution in [0.2, 0.25) is 0 Å². The van der Waals surface area contributed by atoms with E-state index in [-0.39, 0.29) is 12.5 Å². The molecule has 0 aromatic heterocycles. The van der Waals surface area contributed by atoms with Gasteiger partial charge in [0, 0.05) is 16.9 Å². The zero-order valence-electron chi connectivity index (χ0n) is 19.9. The van der Waals surface area contributed by atoms with Gasteiger partial charge in [0.25, 0.3) is 5.91 Å². The molecule has 3 aromatic carbocycles. The van der Waals surface area contributed by atoms with E-state index in [0.29, 0.717) is 17.0 Å². The Bertz CT molecular complexity index is 1240. The molecule has 0 radical (unpaired) electrons. The largest absolute Gasteiger partial charge is 0.483 e. The van der Waals surface area contributed by atoms with Crippen LogP contribution in [0.15, 0.2) is 71.8 Å². The molecule has 0 aliphatic heterocycles. The summed E-state index contributed by atoms with van der Waals surface area (Å²) in [7, 11) is 0. The summed E-state index contributed by atoms with van der Waals surface area (Å²) >= 11 is 0. The minimum absolute atomic E-state index is 0.205. The Balaban J connectivity index is 1.53. The van der Waals surface area contributed by atoms with Gasteiger partial charge in [-0.15, -0.1) is 0 Å². The van der Waals surface area contributed by atoms with E-state index in [1.54, 1.807) is 36.4 Å². The van der Waals surface area contributed by atoms with E-state index >= 15 is 0 Å². The molecule has 0 unspecified atom stereocenters. The lowest BCUT2D eigenvalue weighted by molar-refractivity contribution is -0.136. The van der Waals surface area contributed by atoms with Crippen LogP contribution < -0.4 is 20.8 Å². The number of nitrogens with zero attached hydrogens (tertiary/aromatic N) is 1. The first-order valence-electron chi connectivity index (χ1n) is 11.2. The van der Waals surface area contributed by atoms with Gasteiger partial charge in [-0.05, 0) is 67.3 Å². The SMILES string of the molecule is CCc1ccc(NC(=O)C(=O)N/N=C\c2ccccc2OCC(=O)Nc2cccc(C)c2C)cc1. The highest BCUT2D eigenvalue weighted by Crippen LogP contribution is 2.19. The molecule has 0 bridgehead atoms. The number of ether oxygens (including phenoxy) is 1. The van der Waals surface area contributed by atoms with E-state index in [9.17, 15) is 14.4 Å². The van der Waals surface area contributed by atoms with Gasteiger partial charge in [-0.25, -0.2) is 5.43 Å². The summed E-state index contributed by atoms with van der Waals surface area (Å²) in [5.74, 6) is -1.64. The number of anilines is 2. The van der Waals surface area contributed by atoms with Crippen LogP contribution in [0.25, 0.3) is 0 Å². The molecular weight excluding hydrogens is 444 g/mol. The first kappa shape index (κ1) is 25.2. The molecule has 0 aliphatic rings.